The summed E-state index contributed by atoms with van der Waals surface area (Å²) in [7, 11) is 1.55. The van der Waals surface area contributed by atoms with Crippen LogP contribution in [0, 0.1) is 0 Å². The first-order valence-electron chi connectivity index (χ1n) is 5.47. The number of H-pyrrole nitrogens is 1. The van der Waals surface area contributed by atoms with E-state index in [1.165, 1.54) is 10.9 Å². The molecule has 2 rings (SSSR count). The van der Waals surface area contributed by atoms with Crippen molar-refractivity contribution in [2.24, 2.45) is 0 Å². The van der Waals surface area contributed by atoms with Crippen molar-refractivity contribution in [1.82, 2.24) is 20.1 Å². The summed E-state index contributed by atoms with van der Waals surface area (Å²) >= 11 is 3.25. The molecule has 2 heterocycles. The molecule has 2 aromatic rings. The van der Waals surface area contributed by atoms with Gasteiger partial charge in [0.2, 0.25) is 5.91 Å². The molecule has 100 valence electrons. The van der Waals surface area contributed by atoms with E-state index >= 15 is 0 Å². The average Bonchev–Trinajstić information content (AvgIpc) is 2.98. The topological polar surface area (TPSA) is 91.8 Å². The van der Waals surface area contributed by atoms with Crippen molar-refractivity contribution in [1.29, 1.82) is 0 Å². The third kappa shape index (κ3) is 3.44. The Balaban J connectivity index is 2.00. The number of carbonyl (C=O) groups excluding carboxylic acids is 2. The van der Waals surface area contributed by atoms with E-state index in [0.29, 0.717) is 11.4 Å². The first-order chi connectivity index (χ1) is 9.08. The molecule has 0 fully saturated rings. The third-order valence-electron chi connectivity index (χ3n) is 2.37. The predicted octanol–water partition coefficient (Wildman–Crippen LogP) is 0.972. The van der Waals surface area contributed by atoms with Gasteiger partial charge < -0.3 is 15.6 Å². The number of hydrogen-bond acceptors (Lipinski definition) is 3. The van der Waals surface area contributed by atoms with Crippen LogP contribution in [-0.2, 0) is 11.3 Å². The fraction of sp³-hybridized carbons (Fsp3) is 0.182. The normalized spacial score (nSPS) is 10.2. The third-order valence-corrected chi connectivity index (χ3v) is 2.83. The number of rotatable bonds is 4. The van der Waals surface area contributed by atoms with Gasteiger partial charge in [0.05, 0.1) is 11.9 Å². The molecule has 0 aliphatic heterocycles. The Morgan fingerprint density at radius 3 is 2.95 bits per heavy atom. The number of carbonyl (C=O) groups is 2. The number of hydrogen-bond donors (Lipinski definition) is 3. The molecule has 7 nitrogen and oxygen atoms in total. The molecule has 0 spiro atoms. The van der Waals surface area contributed by atoms with Gasteiger partial charge in [0.15, 0.2) is 0 Å². The van der Waals surface area contributed by atoms with E-state index in [0.717, 1.165) is 4.47 Å². The molecule has 0 saturated carbocycles. The molecule has 19 heavy (non-hydrogen) atoms. The van der Waals surface area contributed by atoms with E-state index in [9.17, 15) is 9.59 Å². The van der Waals surface area contributed by atoms with Crippen molar-refractivity contribution in [3.8, 4) is 0 Å². The Hall–Kier alpha value is -2.09. The summed E-state index contributed by atoms with van der Waals surface area (Å²) in [5.41, 5.74) is 0.963. The lowest BCUT2D eigenvalue weighted by Gasteiger charge is -2.00. The lowest BCUT2D eigenvalue weighted by Crippen LogP contribution is -2.23. The zero-order valence-electron chi connectivity index (χ0n) is 10.1. The van der Waals surface area contributed by atoms with Crippen LogP contribution in [0.2, 0.25) is 0 Å². The van der Waals surface area contributed by atoms with Crippen LogP contribution in [0.3, 0.4) is 0 Å². The summed E-state index contributed by atoms with van der Waals surface area (Å²) in [6.07, 6.45) is 4.74. The van der Waals surface area contributed by atoms with Crippen LogP contribution in [0.15, 0.2) is 29.1 Å². The Morgan fingerprint density at radius 2 is 2.32 bits per heavy atom. The number of aromatic amines is 1. The molecule has 2 amide bonds. The minimum atomic E-state index is -0.273. The van der Waals surface area contributed by atoms with E-state index in [2.05, 4.69) is 36.6 Å². The highest BCUT2D eigenvalue weighted by atomic mass is 79.9. The minimum Gasteiger partial charge on any atom is -0.358 e. The molecule has 3 N–H and O–H groups in total. The van der Waals surface area contributed by atoms with Crippen LogP contribution in [0.5, 0.6) is 0 Å². The standard InChI is InChI=1S/C11H12BrN5O2/c1-13-10(18)6-17-5-8(4-15-17)16-11(19)9-2-7(12)3-14-9/h2-5,14H,6H2,1H3,(H,13,18)(H,16,19). The van der Waals surface area contributed by atoms with E-state index in [4.69, 9.17) is 0 Å². The predicted molar refractivity (Wildman–Crippen MR) is 72.7 cm³/mol. The number of halogens is 1. The molecule has 2 aromatic heterocycles. The molecule has 0 aliphatic carbocycles. The van der Waals surface area contributed by atoms with Crippen molar-refractivity contribution in [3.05, 3.63) is 34.8 Å². The summed E-state index contributed by atoms with van der Waals surface area (Å²) < 4.78 is 2.24. The van der Waals surface area contributed by atoms with Crippen molar-refractivity contribution in [3.63, 3.8) is 0 Å². The van der Waals surface area contributed by atoms with Gasteiger partial charge in [-0.25, -0.2) is 0 Å². The highest BCUT2D eigenvalue weighted by Crippen LogP contribution is 2.12. The van der Waals surface area contributed by atoms with Gasteiger partial charge in [-0.2, -0.15) is 5.10 Å². The van der Waals surface area contributed by atoms with E-state index in [1.54, 1.807) is 25.5 Å². The molecule has 0 aromatic carbocycles. The Morgan fingerprint density at radius 1 is 1.53 bits per heavy atom. The van der Waals surface area contributed by atoms with Gasteiger partial charge in [-0.3, -0.25) is 14.3 Å². The Labute approximate surface area is 117 Å². The Kier molecular flexibility index (Phi) is 4.00. The second kappa shape index (κ2) is 5.70. The number of amides is 2. The van der Waals surface area contributed by atoms with Gasteiger partial charge in [-0.15, -0.1) is 0 Å². The Bertz CT molecular complexity index is 604. The van der Waals surface area contributed by atoms with Crippen molar-refractivity contribution in [2.45, 2.75) is 6.54 Å². The van der Waals surface area contributed by atoms with Gasteiger partial charge in [0, 0.05) is 23.9 Å². The summed E-state index contributed by atoms with van der Waals surface area (Å²) in [5, 5.41) is 9.15. The molecule has 0 bridgehead atoms. The highest BCUT2D eigenvalue weighted by molar-refractivity contribution is 9.10. The van der Waals surface area contributed by atoms with Crippen molar-refractivity contribution in [2.75, 3.05) is 12.4 Å². The summed E-state index contributed by atoms with van der Waals surface area (Å²) in [6, 6.07) is 1.67. The molecule has 0 unspecified atom stereocenters. The molecular weight excluding hydrogens is 314 g/mol. The minimum absolute atomic E-state index is 0.112. The first kappa shape index (κ1) is 13.3. The lowest BCUT2D eigenvalue weighted by molar-refractivity contribution is -0.121. The van der Waals surface area contributed by atoms with E-state index in [1.807, 2.05) is 0 Å². The van der Waals surface area contributed by atoms with Gasteiger partial charge in [-0.05, 0) is 22.0 Å². The fourth-order valence-corrected chi connectivity index (χ4v) is 1.78. The van der Waals surface area contributed by atoms with Crippen molar-refractivity contribution >= 4 is 33.4 Å². The molecule has 0 radical (unpaired) electrons. The van der Waals surface area contributed by atoms with Gasteiger partial charge >= 0.3 is 0 Å². The maximum absolute atomic E-state index is 11.8. The zero-order chi connectivity index (χ0) is 13.8. The van der Waals surface area contributed by atoms with Gasteiger partial charge in [0.1, 0.15) is 12.2 Å². The van der Waals surface area contributed by atoms with Crippen LogP contribution < -0.4 is 10.6 Å². The number of nitrogens with one attached hydrogen (secondary N) is 3. The van der Waals surface area contributed by atoms with Gasteiger partial charge in [0.25, 0.3) is 5.91 Å². The molecular formula is C11H12BrN5O2. The molecule has 8 heteroatoms. The second-order valence-corrected chi connectivity index (χ2v) is 4.70. The fourth-order valence-electron chi connectivity index (χ4n) is 1.44. The van der Waals surface area contributed by atoms with E-state index in [-0.39, 0.29) is 18.4 Å². The quantitative estimate of drug-likeness (QED) is 0.782. The largest absolute Gasteiger partial charge is 0.358 e. The summed E-state index contributed by atoms with van der Waals surface area (Å²) in [4.78, 5) is 25.8. The summed E-state index contributed by atoms with van der Waals surface area (Å²) in [6.45, 7) is 0.112. The first-order valence-corrected chi connectivity index (χ1v) is 6.26. The van der Waals surface area contributed by atoms with Crippen LogP contribution in [0.1, 0.15) is 10.5 Å². The summed E-state index contributed by atoms with van der Waals surface area (Å²) in [5.74, 6) is -0.431. The van der Waals surface area contributed by atoms with Crippen LogP contribution in [-0.4, -0.2) is 33.6 Å². The highest BCUT2D eigenvalue weighted by Gasteiger charge is 2.10. The van der Waals surface area contributed by atoms with Crippen LogP contribution >= 0.6 is 15.9 Å². The number of nitrogens with zero attached hydrogens (tertiary/aromatic N) is 2. The number of anilines is 1. The van der Waals surface area contributed by atoms with E-state index < -0.39 is 0 Å². The average molecular weight is 326 g/mol. The van der Waals surface area contributed by atoms with Crippen LogP contribution in [0.25, 0.3) is 0 Å². The smallest absolute Gasteiger partial charge is 0.272 e. The monoisotopic (exact) mass is 325 g/mol. The van der Waals surface area contributed by atoms with Crippen molar-refractivity contribution < 1.29 is 9.59 Å². The second-order valence-electron chi connectivity index (χ2n) is 3.79. The molecule has 0 atom stereocenters. The van der Waals surface area contributed by atoms with Gasteiger partial charge in [-0.1, -0.05) is 0 Å². The lowest BCUT2D eigenvalue weighted by atomic mass is 10.4. The number of likely N-dealkylation sites (N-methyl/N-ethyl adjacent to an activating group) is 1. The zero-order valence-corrected chi connectivity index (χ0v) is 11.7. The maximum Gasteiger partial charge on any atom is 0.272 e. The SMILES string of the molecule is CNC(=O)Cn1cc(NC(=O)c2cc(Br)c[nH]2)cn1. The molecule has 0 aliphatic rings. The molecule has 0 saturated heterocycles. The maximum atomic E-state index is 11.8. The van der Waals surface area contributed by atoms with Crippen LogP contribution in [0.4, 0.5) is 5.69 Å². The number of aromatic nitrogens is 3.